The Balaban J connectivity index is 1.59. The van der Waals surface area contributed by atoms with Crippen LogP contribution in [0.4, 0.5) is 5.69 Å². The largest absolute Gasteiger partial charge is 0.387 e. The summed E-state index contributed by atoms with van der Waals surface area (Å²) < 4.78 is 0. The average Bonchev–Trinajstić information content (AvgIpc) is 3.22. The van der Waals surface area contributed by atoms with Gasteiger partial charge in [-0.15, -0.1) is 0 Å². The molecule has 0 bridgehead atoms. The predicted octanol–water partition coefficient (Wildman–Crippen LogP) is 2.01. The molecule has 3 atom stereocenters. The van der Waals surface area contributed by atoms with Gasteiger partial charge in [-0.1, -0.05) is 13.8 Å². The molecule has 4 rings (SSSR count). The van der Waals surface area contributed by atoms with Crippen LogP contribution in [0.3, 0.4) is 0 Å². The van der Waals surface area contributed by atoms with Gasteiger partial charge in [-0.05, 0) is 35.8 Å². The van der Waals surface area contributed by atoms with Crippen molar-refractivity contribution in [2.75, 3.05) is 31.6 Å². The number of nitrogens with zero attached hydrogens (tertiary/aromatic N) is 3. The number of nitrogens with one attached hydrogen (secondary N) is 1. The normalized spacial score (nSPS) is 31.5. The van der Waals surface area contributed by atoms with E-state index in [9.17, 15) is 9.90 Å². The number of aromatic nitrogens is 2. The molecule has 2 fully saturated rings. The standard InChI is InChI=1S/C19H26N4O2/c1-18-8-13(9-19(18,2)12-23(11-18)16(25)10-24)22(3)15-5-7-21-17-14(15)4-6-20-17/h4-7,13,24H,8-12H2,1-3H3,(H,20,21)/t13-,18+,19-. The lowest BCUT2D eigenvalue weighted by molar-refractivity contribution is -0.133. The summed E-state index contributed by atoms with van der Waals surface area (Å²) in [6.07, 6.45) is 5.87. The van der Waals surface area contributed by atoms with E-state index in [0.717, 1.165) is 37.0 Å². The highest BCUT2D eigenvalue weighted by Crippen LogP contribution is 2.58. The Hall–Kier alpha value is -2.08. The molecule has 6 heteroatoms. The first-order chi connectivity index (χ1) is 11.9. The smallest absolute Gasteiger partial charge is 0.248 e. The highest BCUT2D eigenvalue weighted by Gasteiger charge is 2.59. The van der Waals surface area contributed by atoms with Crippen molar-refractivity contribution in [2.45, 2.75) is 32.7 Å². The first-order valence-corrected chi connectivity index (χ1v) is 8.90. The Morgan fingerprint density at radius 3 is 2.68 bits per heavy atom. The third-order valence-electron chi connectivity index (χ3n) is 6.76. The summed E-state index contributed by atoms with van der Waals surface area (Å²) >= 11 is 0. The summed E-state index contributed by atoms with van der Waals surface area (Å²) in [5.74, 6) is -0.148. The van der Waals surface area contributed by atoms with Gasteiger partial charge in [-0.2, -0.15) is 0 Å². The molecule has 2 aliphatic rings. The lowest BCUT2D eigenvalue weighted by Crippen LogP contribution is -2.37. The van der Waals surface area contributed by atoms with Crippen LogP contribution in [0.5, 0.6) is 0 Å². The van der Waals surface area contributed by atoms with E-state index in [4.69, 9.17) is 0 Å². The third kappa shape index (κ3) is 2.34. The minimum absolute atomic E-state index is 0.0844. The van der Waals surface area contributed by atoms with Gasteiger partial charge in [0, 0.05) is 49.6 Å². The number of hydrogen-bond acceptors (Lipinski definition) is 4. The fourth-order valence-electron chi connectivity index (χ4n) is 5.02. The number of anilines is 1. The van der Waals surface area contributed by atoms with E-state index in [1.807, 2.05) is 17.3 Å². The molecule has 0 spiro atoms. The molecule has 0 aromatic carbocycles. The molecule has 0 unspecified atom stereocenters. The fourth-order valence-corrected chi connectivity index (χ4v) is 5.02. The molecule has 6 nitrogen and oxygen atoms in total. The summed E-state index contributed by atoms with van der Waals surface area (Å²) in [6, 6.07) is 4.59. The maximum absolute atomic E-state index is 11.9. The molecule has 1 saturated carbocycles. The van der Waals surface area contributed by atoms with Crippen molar-refractivity contribution in [1.82, 2.24) is 14.9 Å². The molecule has 2 aromatic rings. The summed E-state index contributed by atoms with van der Waals surface area (Å²) in [7, 11) is 2.16. The Bertz CT molecular complexity index is 799. The average molecular weight is 342 g/mol. The van der Waals surface area contributed by atoms with E-state index < -0.39 is 6.61 Å². The highest BCUT2D eigenvalue weighted by molar-refractivity contribution is 5.89. The van der Waals surface area contributed by atoms with Crippen LogP contribution in [-0.2, 0) is 4.79 Å². The zero-order valence-electron chi connectivity index (χ0n) is 15.1. The topological polar surface area (TPSA) is 72.5 Å². The number of aliphatic hydroxyl groups excluding tert-OH is 1. The van der Waals surface area contributed by atoms with Crippen molar-refractivity contribution in [3.05, 3.63) is 24.5 Å². The maximum atomic E-state index is 11.9. The second-order valence-corrected chi connectivity index (χ2v) is 8.27. The SMILES string of the molecule is CN(c1ccnc2[nH]ccc12)[C@@H]1C[C@@]2(C)CN(C(=O)CO)C[C@@]2(C)C1. The van der Waals surface area contributed by atoms with Gasteiger partial charge in [0.15, 0.2) is 0 Å². The first kappa shape index (κ1) is 16.4. The number of H-pyrrole nitrogens is 1. The molecule has 25 heavy (non-hydrogen) atoms. The van der Waals surface area contributed by atoms with Crippen molar-refractivity contribution < 1.29 is 9.90 Å². The van der Waals surface area contributed by atoms with E-state index in [2.05, 4.69) is 47.9 Å². The highest BCUT2D eigenvalue weighted by atomic mass is 16.3. The maximum Gasteiger partial charge on any atom is 0.248 e. The first-order valence-electron chi connectivity index (χ1n) is 8.90. The molecule has 134 valence electrons. The Morgan fingerprint density at radius 2 is 2.04 bits per heavy atom. The van der Waals surface area contributed by atoms with Crippen molar-refractivity contribution >= 4 is 22.6 Å². The molecule has 1 amide bonds. The molecule has 3 heterocycles. The van der Waals surface area contributed by atoms with E-state index in [1.165, 1.54) is 5.69 Å². The molecule has 2 N–H and O–H groups in total. The monoisotopic (exact) mass is 342 g/mol. The van der Waals surface area contributed by atoms with Gasteiger partial charge in [0.05, 0.1) is 0 Å². The van der Waals surface area contributed by atoms with E-state index >= 15 is 0 Å². The van der Waals surface area contributed by atoms with Gasteiger partial charge in [0.2, 0.25) is 5.91 Å². The summed E-state index contributed by atoms with van der Waals surface area (Å²) in [5.41, 5.74) is 2.29. The van der Waals surface area contributed by atoms with Crippen LogP contribution in [0.1, 0.15) is 26.7 Å². The van der Waals surface area contributed by atoms with Crippen LogP contribution >= 0.6 is 0 Å². The van der Waals surface area contributed by atoms with Crippen LogP contribution in [0.25, 0.3) is 11.0 Å². The molecule has 1 saturated heterocycles. The second kappa shape index (κ2) is 5.46. The van der Waals surface area contributed by atoms with Gasteiger partial charge in [0.25, 0.3) is 0 Å². The predicted molar refractivity (Wildman–Crippen MR) is 97.4 cm³/mol. The van der Waals surface area contributed by atoms with E-state index in [-0.39, 0.29) is 16.7 Å². The lowest BCUT2D eigenvalue weighted by atomic mass is 9.71. The number of carbonyl (C=O) groups is 1. The summed E-state index contributed by atoms with van der Waals surface area (Å²) in [6.45, 7) is 5.68. The quantitative estimate of drug-likeness (QED) is 0.895. The molecule has 2 aromatic heterocycles. The van der Waals surface area contributed by atoms with Gasteiger partial charge in [0.1, 0.15) is 12.3 Å². The van der Waals surface area contributed by atoms with Crippen LogP contribution in [-0.4, -0.2) is 58.7 Å². The number of likely N-dealkylation sites (tertiary alicyclic amines) is 1. The van der Waals surface area contributed by atoms with E-state index in [1.54, 1.807) is 0 Å². The number of aliphatic hydroxyl groups is 1. The number of rotatable bonds is 3. The van der Waals surface area contributed by atoms with Crippen molar-refractivity contribution in [3.8, 4) is 0 Å². The number of amides is 1. The Morgan fingerprint density at radius 1 is 1.36 bits per heavy atom. The number of aromatic amines is 1. The Labute approximate surface area is 147 Å². The summed E-state index contributed by atoms with van der Waals surface area (Å²) in [4.78, 5) is 23.7. The molecule has 0 radical (unpaired) electrons. The zero-order valence-corrected chi connectivity index (χ0v) is 15.1. The zero-order chi connectivity index (χ0) is 17.8. The van der Waals surface area contributed by atoms with Gasteiger partial charge in [-0.25, -0.2) is 4.98 Å². The molecular weight excluding hydrogens is 316 g/mol. The fraction of sp³-hybridized carbons (Fsp3) is 0.579. The lowest BCUT2D eigenvalue weighted by Gasteiger charge is -2.31. The van der Waals surface area contributed by atoms with E-state index in [0.29, 0.717) is 6.04 Å². The number of carbonyl (C=O) groups excluding carboxylic acids is 1. The van der Waals surface area contributed by atoms with Crippen LogP contribution in [0, 0.1) is 10.8 Å². The Kier molecular flexibility index (Phi) is 3.58. The molecule has 1 aliphatic heterocycles. The van der Waals surface area contributed by atoms with Crippen molar-refractivity contribution in [2.24, 2.45) is 10.8 Å². The molecular formula is C19H26N4O2. The third-order valence-corrected chi connectivity index (χ3v) is 6.76. The van der Waals surface area contributed by atoms with Gasteiger partial charge in [-0.3, -0.25) is 4.79 Å². The van der Waals surface area contributed by atoms with Gasteiger partial charge >= 0.3 is 0 Å². The van der Waals surface area contributed by atoms with Gasteiger partial charge < -0.3 is 19.9 Å². The van der Waals surface area contributed by atoms with Crippen LogP contribution in [0.15, 0.2) is 24.5 Å². The van der Waals surface area contributed by atoms with Crippen LogP contribution < -0.4 is 4.90 Å². The minimum atomic E-state index is -0.391. The number of pyridine rings is 1. The van der Waals surface area contributed by atoms with Crippen LogP contribution in [0.2, 0.25) is 0 Å². The molecule has 1 aliphatic carbocycles. The summed E-state index contributed by atoms with van der Waals surface area (Å²) in [5, 5.41) is 10.3. The van der Waals surface area contributed by atoms with Crippen molar-refractivity contribution in [3.63, 3.8) is 0 Å². The van der Waals surface area contributed by atoms with Crippen molar-refractivity contribution in [1.29, 1.82) is 0 Å². The second-order valence-electron chi connectivity index (χ2n) is 8.27. The number of fused-ring (bicyclic) bond motifs is 2. The number of hydrogen-bond donors (Lipinski definition) is 2. The minimum Gasteiger partial charge on any atom is -0.387 e.